The van der Waals surface area contributed by atoms with Gasteiger partial charge in [-0.2, -0.15) is 0 Å². The summed E-state index contributed by atoms with van der Waals surface area (Å²) in [6.07, 6.45) is 1.66. The third-order valence-electron chi connectivity index (χ3n) is 3.43. The minimum Gasteiger partial charge on any atom is -0.494 e. The molecule has 25 heavy (non-hydrogen) atoms. The molecule has 0 bridgehead atoms. The number of nitrogens with zero attached hydrogens (tertiary/aromatic N) is 1. The van der Waals surface area contributed by atoms with Gasteiger partial charge in [0.25, 0.3) is 0 Å². The highest BCUT2D eigenvalue weighted by molar-refractivity contribution is 6.65. The number of hydrogen-bond acceptors (Lipinski definition) is 6. The van der Waals surface area contributed by atoms with E-state index >= 15 is 0 Å². The molecule has 1 heterocycles. The lowest BCUT2D eigenvalue weighted by atomic mass is 9.77. The predicted molar refractivity (Wildman–Crippen MR) is 86.3 cm³/mol. The molecule has 1 atom stereocenters. The monoisotopic (exact) mass is 353 g/mol. The standard InChI is InChI=1S/C16H18BF2NO5/c1-4-5-10(2)23-12-7-6-11(18)16(19)15(12)17-24-13(21)8-20(3)9-14(22)25-17/h4,6-7,10H,1,5,8-9H2,2-3H3. The summed E-state index contributed by atoms with van der Waals surface area (Å²) < 4.78 is 43.7. The van der Waals surface area contributed by atoms with Crippen LogP contribution in [0.4, 0.5) is 8.78 Å². The first-order valence-electron chi connectivity index (χ1n) is 7.64. The van der Waals surface area contributed by atoms with Gasteiger partial charge < -0.3 is 14.0 Å². The highest BCUT2D eigenvalue weighted by Gasteiger charge is 2.40. The van der Waals surface area contributed by atoms with Gasteiger partial charge in [0, 0.05) is 6.42 Å². The van der Waals surface area contributed by atoms with Gasteiger partial charge in [0.05, 0.1) is 24.7 Å². The summed E-state index contributed by atoms with van der Waals surface area (Å²) in [7, 11) is -0.202. The molecule has 2 rings (SSSR count). The van der Waals surface area contributed by atoms with E-state index in [9.17, 15) is 18.4 Å². The molecule has 1 aromatic rings. The van der Waals surface area contributed by atoms with Crippen molar-refractivity contribution < 1.29 is 32.4 Å². The van der Waals surface area contributed by atoms with E-state index in [4.69, 9.17) is 14.0 Å². The van der Waals surface area contributed by atoms with Crippen LogP contribution in [-0.4, -0.2) is 50.2 Å². The average Bonchev–Trinajstić information content (AvgIpc) is 2.49. The van der Waals surface area contributed by atoms with Crippen LogP contribution < -0.4 is 10.2 Å². The van der Waals surface area contributed by atoms with Crippen molar-refractivity contribution in [2.45, 2.75) is 19.4 Å². The highest BCUT2D eigenvalue weighted by Crippen LogP contribution is 2.18. The molecular formula is C16H18BF2NO5. The third-order valence-corrected chi connectivity index (χ3v) is 3.43. The van der Waals surface area contributed by atoms with Gasteiger partial charge in [-0.25, -0.2) is 8.78 Å². The molecule has 1 aliphatic heterocycles. The van der Waals surface area contributed by atoms with Crippen LogP contribution in [0, 0.1) is 11.6 Å². The molecule has 0 radical (unpaired) electrons. The molecule has 134 valence electrons. The first-order chi connectivity index (χ1) is 11.8. The van der Waals surface area contributed by atoms with Crippen molar-refractivity contribution in [3.05, 3.63) is 36.4 Å². The molecule has 1 aliphatic rings. The van der Waals surface area contributed by atoms with E-state index in [2.05, 4.69) is 6.58 Å². The Kier molecular flexibility index (Phi) is 6.14. The van der Waals surface area contributed by atoms with Crippen LogP contribution in [0.5, 0.6) is 5.75 Å². The molecule has 0 amide bonds. The van der Waals surface area contributed by atoms with E-state index in [1.165, 1.54) is 18.0 Å². The molecule has 0 spiro atoms. The van der Waals surface area contributed by atoms with Gasteiger partial charge in [0.1, 0.15) is 5.75 Å². The first kappa shape index (κ1) is 18.9. The normalized spacial score (nSPS) is 17.2. The number of benzene rings is 1. The molecule has 0 aliphatic carbocycles. The summed E-state index contributed by atoms with van der Waals surface area (Å²) in [4.78, 5) is 25.1. The van der Waals surface area contributed by atoms with Gasteiger partial charge in [-0.3, -0.25) is 14.5 Å². The number of ether oxygens (including phenoxy) is 1. The number of carbonyl (C=O) groups excluding carboxylic acids is 2. The molecular weight excluding hydrogens is 335 g/mol. The maximum atomic E-state index is 14.4. The Morgan fingerprint density at radius 3 is 2.48 bits per heavy atom. The van der Waals surface area contributed by atoms with Gasteiger partial charge in [-0.1, -0.05) is 6.08 Å². The Labute approximate surface area is 144 Å². The summed E-state index contributed by atoms with van der Waals surface area (Å²) in [5, 5.41) is 0. The lowest BCUT2D eigenvalue weighted by Crippen LogP contribution is -2.49. The molecule has 1 saturated heterocycles. The van der Waals surface area contributed by atoms with Gasteiger partial charge in [0.2, 0.25) is 0 Å². The van der Waals surface area contributed by atoms with Crippen molar-refractivity contribution in [1.82, 2.24) is 4.90 Å². The minimum absolute atomic E-state index is 0.0761. The Morgan fingerprint density at radius 2 is 1.92 bits per heavy atom. The van der Waals surface area contributed by atoms with Gasteiger partial charge in [0.15, 0.2) is 11.6 Å². The molecule has 0 N–H and O–H groups in total. The molecule has 1 aromatic carbocycles. The SMILES string of the molecule is C=CCC(C)Oc1ccc(F)c(F)c1B1OC(=O)CN(C)CC(=O)O1. The fourth-order valence-corrected chi connectivity index (χ4v) is 2.32. The molecule has 1 fully saturated rings. The van der Waals surface area contributed by atoms with Crippen molar-refractivity contribution in [1.29, 1.82) is 0 Å². The molecule has 1 unspecified atom stereocenters. The van der Waals surface area contributed by atoms with Crippen molar-refractivity contribution in [3.8, 4) is 5.75 Å². The largest absolute Gasteiger partial charge is 0.643 e. The summed E-state index contributed by atoms with van der Waals surface area (Å²) in [6, 6.07) is 2.08. The number of rotatable bonds is 5. The minimum atomic E-state index is -1.73. The zero-order chi connectivity index (χ0) is 18.6. The van der Waals surface area contributed by atoms with E-state index in [1.54, 1.807) is 13.0 Å². The van der Waals surface area contributed by atoms with Gasteiger partial charge >= 0.3 is 19.1 Å². The Bertz CT molecular complexity index is 665. The van der Waals surface area contributed by atoms with Crippen LogP contribution in [0.15, 0.2) is 24.8 Å². The Hall–Kier alpha value is -2.42. The second kappa shape index (κ2) is 8.11. The number of likely N-dealkylation sites (N-methyl/N-ethyl adjacent to an activating group) is 1. The van der Waals surface area contributed by atoms with Crippen molar-refractivity contribution >= 4 is 24.5 Å². The highest BCUT2D eigenvalue weighted by atomic mass is 19.2. The van der Waals surface area contributed by atoms with Crippen LogP contribution in [0.3, 0.4) is 0 Å². The van der Waals surface area contributed by atoms with Crippen LogP contribution in [-0.2, 0) is 18.9 Å². The van der Waals surface area contributed by atoms with E-state index in [0.717, 1.165) is 6.07 Å². The Morgan fingerprint density at radius 1 is 1.32 bits per heavy atom. The molecule has 0 aromatic heterocycles. The second-order valence-electron chi connectivity index (χ2n) is 5.71. The average molecular weight is 353 g/mol. The summed E-state index contributed by atoms with van der Waals surface area (Å²) in [5.41, 5.74) is -0.470. The lowest BCUT2D eigenvalue weighted by Gasteiger charge is -2.24. The third kappa shape index (κ3) is 4.79. The number of hydrogen-bond donors (Lipinski definition) is 0. The fraction of sp³-hybridized carbons (Fsp3) is 0.375. The van der Waals surface area contributed by atoms with Gasteiger partial charge in [-0.15, -0.1) is 6.58 Å². The van der Waals surface area contributed by atoms with Gasteiger partial charge in [-0.05, 0) is 26.1 Å². The first-order valence-corrected chi connectivity index (χ1v) is 7.64. The van der Waals surface area contributed by atoms with E-state index in [1.807, 2.05) is 0 Å². The summed E-state index contributed by atoms with van der Waals surface area (Å²) in [5.74, 6) is -4.04. The quantitative estimate of drug-likeness (QED) is 0.582. The predicted octanol–water partition coefficient (Wildman–Crippen LogP) is 1.04. The zero-order valence-electron chi connectivity index (χ0n) is 14.0. The number of halogens is 2. The zero-order valence-corrected chi connectivity index (χ0v) is 14.0. The second-order valence-corrected chi connectivity index (χ2v) is 5.71. The van der Waals surface area contributed by atoms with Crippen molar-refractivity contribution in [2.75, 3.05) is 20.1 Å². The molecule has 9 heteroatoms. The van der Waals surface area contributed by atoms with Crippen molar-refractivity contribution in [3.63, 3.8) is 0 Å². The fourth-order valence-electron chi connectivity index (χ4n) is 2.32. The smallest absolute Gasteiger partial charge is 0.494 e. The Balaban J connectivity index is 2.40. The van der Waals surface area contributed by atoms with Crippen LogP contribution in [0.25, 0.3) is 0 Å². The van der Waals surface area contributed by atoms with Crippen molar-refractivity contribution in [2.24, 2.45) is 0 Å². The summed E-state index contributed by atoms with van der Waals surface area (Å²) >= 11 is 0. The molecule has 0 saturated carbocycles. The lowest BCUT2D eigenvalue weighted by molar-refractivity contribution is -0.145. The maximum Gasteiger partial charge on any atom is 0.643 e. The van der Waals surface area contributed by atoms with E-state index < -0.39 is 42.3 Å². The topological polar surface area (TPSA) is 65.1 Å². The number of carbonyl (C=O) groups is 2. The van der Waals surface area contributed by atoms with E-state index in [0.29, 0.717) is 6.42 Å². The van der Waals surface area contributed by atoms with Crippen LogP contribution in [0.1, 0.15) is 13.3 Å². The van der Waals surface area contributed by atoms with Crippen LogP contribution >= 0.6 is 0 Å². The summed E-state index contributed by atoms with van der Waals surface area (Å²) in [6.45, 7) is 4.91. The molecule has 6 nitrogen and oxygen atoms in total. The maximum absolute atomic E-state index is 14.4. The van der Waals surface area contributed by atoms with E-state index in [-0.39, 0.29) is 18.8 Å². The van der Waals surface area contributed by atoms with Crippen LogP contribution in [0.2, 0.25) is 0 Å².